The zero-order chi connectivity index (χ0) is 20.4. The number of benzene rings is 1. The molecule has 10 nitrogen and oxygen atoms in total. The van der Waals surface area contributed by atoms with Crippen molar-refractivity contribution >= 4 is 39.2 Å². The standard InChI is InChI=1S/C17H15BrN8O2/c1-27-10-3-7(9(18)4-11(10)28-2)14-12-13(21)8(5-19)15(22)25-16(12)26-17(24-14)23-6-20/h3-4,14H,1-2H3,(H6,21,22,23,24,25,26). The van der Waals surface area contributed by atoms with Crippen molar-refractivity contribution in [3.8, 4) is 23.8 Å². The quantitative estimate of drug-likeness (QED) is 0.409. The van der Waals surface area contributed by atoms with Gasteiger partial charge in [0.1, 0.15) is 29.3 Å². The molecule has 1 aliphatic heterocycles. The fraction of sp³-hybridized carbons (Fsp3) is 0.176. The molecule has 0 spiro atoms. The summed E-state index contributed by atoms with van der Waals surface area (Å²) < 4.78 is 11.4. The fourth-order valence-electron chi connectivity index (χ4n) is 2.89. The highest BCUT2D eigenvalue weighted by Crippen LogP contribution is 2.45. The van der Waals surface area contributed by atoms with Crippen LogP contribution in [0.2, 0.25) is 0 Å². The predicted octanol–water partition coefficient (Wildman–Crippen LogP) is 1.84. The number of anilines is 3. The smallest absolute Gasteiger partial charge is 0.211 e. The van der Waals surface area contributed by atoms with Crippen LogP contribution in [0.3, 0.4) is 0 Å². The second kappa shape index (κ2) is 7.50. The first-order chi connectivity index (χ1) is 13.4. The third kappa shape index (κ3) is 3.08. The number of nitrogens with two attached hydrogens (primary N) is 2. The van der Waals surface area contributed by atoms with Gasteiger partial charge in [0.25, 0.3) is 0 Å². The first-order valence-electron chi connectivity index (χ1n) is 7.85. The van der Waals surface area contributed by atoms with E-state index < -0.39 is 6.04 Å². The van der Waals surface area contributed by atoms with Crippen molar-refractivity contribution in [2.75, 3.05) is 31.0 Å². The molecule has 0 amide bonds. The first-order valence-corrected chi connectivity index (χ1v) is 8.64. The molecule has 6 N–H and O–H groups in total. The van der Waals surface area contributed by atoms with E-state index in [0.717, 1.165) is 0 Å². The first kappa shape index (κ1) is 19.1. The summed E-state index contributed by atoms with van der Waals surface area (Å²) >= 11 is 3.51. The van der Waals surface area contributed by atoms with Gasteiger partial charge in [0.05, 0.1) is 19.9 Å². The summed E-state index contributed by atoms with van der Waals surface area (Å²) in [4.78, 5) is 8.74. The van der Waals surface area contributed by atoms with Gasteiger partial charge in [-0.25, -0.2) is 9.98 Å². The summed E-state index contributed by atoms with van der Waals surface area (Å²) in [6.45, 7) is 0. The second-order valence-electron chi connectivity index (χ2n) is 5.63. The van der Waals surface area contributed by atoms with E-state index in [0.29, 0.717) is 32.9 Å². The molecule has 2 aromatic rings. The van der Waals surface area contributed by atoms with E-state index in [1.54, 1.807) is 18.3 Å². The van der Waals surface area contributed by atoms with Gasteiger partial charge in [0.2, 0.25) is 5.96 Å². The Morgan fingerprint density at radius 2 is 1.89 bits per heavy atom. The molecule has 2 heterocycles. The molecule has 0 aliphatic carbocycles. The average Bonchev–Trinajstić information content (AvgIpc) is 2.67. The van der Waals surface area contributed by atoms with Crippen LogP contribution in [0.1, 0.15) is 22.7 Å². The van der Waals surface area contributed by atoms with Gasteiger partial charge in [-0.1, -0.05) is 15.9 Å². The van der Waals surface area contributed by atoms with Crippen LogP contribution in [0.4, 0.5) is 17.3 Å². The Hall–Kier alpha value is -3.70. The lowest BCUT2D eigenvalue weighted by atomic mass is 9.95. The van der Waals surface area contributed by atoms with E-state index in [4.69, 9.17) is 26.2 Å². The SMILES string of the molecule is COc1cc(Br)c(C2N=C(NC#N)Nc3nc(N)c(C#N)c(N)c32)cc1OC. The Balaban J connectivity index is 2.29. The molecule has 142 valence electrons. The number of fused-ring (bicyclic) bond motifs is 1. The molecular formula is C17H15BrN8O2. The summed E-state index contributed by atoms with van der Waals surface area (Å²) in [5, 5.41) is 23.7. The topological polar surface area (TPSA) is 167 Å². The molecule has 0 saturated heterocycles. The van der Waals surface area contributed by atoms with Gasteiger partial charge in [-0.2, -0.15) is 10.5 Å². The van der Waals surface area contributed by atoms with Crippen LogP contribution in [-0.4, -0.2) is 25.2 Å². The van der Waals surface area contributed by atoms with Crippen molar-refractivity contribution in [2.24, 2.45) is 4.99 Å². The molecule has 1 atom stereocenters. The average molecular weight is 443 g/mol. The lowest BCUT2D eigenvalue weighted by Crippen LogP contribution is -2.32. The van der Waals surface area contributed by atoms with Crippen molar-refractivity contribution < 1.29 is 9.47 Å². The summed E-state index contributed by atoms with van der Waals surface area (Å²) in [6.07, 6.45) is 1.81. The summed E-state index contributed by atoms with van der Waals surface area (Å²) in [6, 6.07) is 4.74. The third-order valence-electron chi connectivity index (χ3n) is 4.16. The number of ether oxygens (including phenoxy) is 2. The fourth-order valence-corrected chi connectivity index (χ4v) is 3.42. The number of nitriles is 2. The lowest BCUT2D eigenvalue weighted by Gasteiger charge is -2.27. The molecular weight excluding hydrogens is 428 g/mol. The second-order valence-corrected chi connectivity index (χ2v) is 6.48. The number of hydrogen-bond acceptors (Lipinski definition) is 10. The molecule has 0 radical (unpaired) electrons. The zero-order valence-electron chi connectivity index (χ0n) is 14.9. The highest BCUT2D eigenvalue weighted by atomic mass is 79.9. The van der Waals surface area contributed by atoms with E-state index in [-0.39, 0.29) is 23.0 Å². The van der Waals surface area contributed by atoms with E-state index in [1.807, 2.05) is 6.07 Å². The minimum absolute atomic E-state index is 0.0189. The highest BCUT2D eigenvalue weighted by molar-refractivity contribution is 9.10. The number of hydrogen-bond donors (Lipinski definition) is 4. The van der Waals surface area contributed by atoms with Crippen LogP contribution in [0.15, 0.2) is 21.6 Å². The minimum Gasteiger partial charge on any atom is -0.493 e. The molecule has 0 bridgehead atoms. The Bertz CT molecular complexity index is 1070. The number of nitrogens with zero attached hydrogens (tertiary/aromatic N) is 4. The van der Waals surface area contributed by atoms with E-state index in [1.165, 1.54) is 14.2 Å². The summed E-state index contributed by atoms with van der Waals surface area (Å²) in [5.41, 5.74) is 13.4. The van der Waals surface area contributed by atoms with Crippen molar-refractivity contribution in [1.82, 2.24) is 10.3 Å². The molecule has 1 aromatic heterocycles. The van der Waals surface area contributed by atoms with Crippen LogP contribution in [0.25, 0.3) is 0 Å². The van der Waals surface area contributed by atoms with E-state index in [2.05, 4.69) is 36.5 Å². The molecule has 1 aliphatic rings. The lowest BCUT2D eigenvalue weighted by molar-refractivity contribution is 0.354. The maximum absolute atomic E-state index is 9.39. The molecule has 11 heteroatoms. The number of aliphatic imine (C=N–C) groups is 1. The summed E-state index contributed by atoms with van der Waals surface area (Å²) in [5.74, 6) is 1.45. The van der Waals surface area contributed by atoms with Gasteiger partial charge >= 0.3 is 0 Å². The Kier molecular flexibility index (Phi) is 5.11. The monoisotopic (exact) mass is 442 g/mol. The predicted molar refractivity (Wildman–Crippen MR) is 107 cm³/mol. The van der Waals surface area contributed by atoms with Crippen molar-refractivity contribution in [2.45, 2.75) is 6.04 Å². The Morgan fingerprint density at radius 1 is 1.21 bits per heavy atom. The van der Waals surface area contributed by atoms with Gasteiger partial charge in [0.15, 0.2) is 17.7 Å². The van der Waals surface area contributed by atoms with Gasteiger partial charge in [-0.15, -0.1) is 0 Å². The number of aromatic nitrogens is 1. The van der Waals surface area contributed by atoms with Crippen LogP contribution in [0.5, 0.6) is 11.5 Å². The normalized spacial score (nSPS) is 14.6. The van der Waals surface area contributed by atoms with Crippen LogP contribution >= 0.6 is 15.9 Å². The Labute approximate surface area is 168 Å². The van der Waals surface area contributed by atoms with Crippen LogP contribution in [0, 0.1) is 22.8 Å². The van der Waals surface area contributed by atoms with Crippen molar-refractivity contribution in [3.63, 3.8) is 0 Å². The number of halogens is 1. The van der Waals surface area contributed by atoms with Crippen molar-refractivity contribution in [3.05, 3.63) is 33.3 Å². The molecule has 3 rings (SSSR count). The van der Waals surface area contributed by atoms with Gasteiger partial charge in [0, 0.05) is 10.0 Å². The van der Waals surface area contributed by atoms with Crippen molar-refractivity contribution in [1.29, 1.82) is 10.5 Å². The summed E-state index contributed by atoms with van der Waals surface area (Å²) in [7, 11) is 3.04. The number of nitrogen functional groups attached to an aromatic ring is 2. The molecule has 28 heavy (non-hydrogen) atoms. The molecule has 1 unspecified atom stereocenters. The molecule has 0 saturated carbocycles. The van der Waals surface area contributed by atoms with Gasteiger partial charge in [-0.3, -0.25) is 5.32 Å². The third-order valence-corrected chi connectivity index (χ3v) is 4.84. The number of pyridine rings is 1. The maximum atomic E-state index is 9.39. The zero-order valence-corrected chi connectivity index (χ0v) is 16.5. The Morgan fingerprint density at radius 3 is 2.50 bits per heavy atom. The van der Waals surface area contributed by atoms with Gasteiger partial charge in [-0.05, 0) is 17.7 Å². The van der Waals surface area contributed by atoms with Gasteiger partial charge < -0.3 is 26.3 Å². The number of guanidine groups is 1. The number of rotatable bonds is 3. The number of methoxy groups -OCH3 is 2. The molecule has 1 aromatic carbocycles. The van der Waals surface area contributed by atoms with Crippen LogP contribution < -0.4 is 31.6 Å². The van der Waals surface area contributed by atoms with E-state index >= 15 is 0 Å². The van der Waals surface area contributed by atoms with Crippen LogP contribution in [-0.2, 0) is 0 Å². The number of nitrogens with one attached hydrogen (secondary N) is 2. The maximum Gasteiger partial charge on any atom is 0.211 e. The minimum atomic E-state index is -0.693. The highest BCUT2D eigenvalue weighted by Gasteiger charge is 2.31. The largest absolute Gasteiger partial charge is 0.493 e. The molecule has 0 fully saturated rings. The van der Waals surface area contributed by atoms with E-state index in [9.17, 15) is 5.26 Å².